The number of allylic oxidation sites excluding steroid dienone is 3. The summed E-state index contributed by atoms with van der Waals surface area (Å²) in [4.78, 5) is 11.5. The van der Waals surface area contributed by atoms with Crippen molar-refractivity contribution in [3.63, 3.8) is 0 Å². The van der Waals surface area contributed by atoms with Crippen molar-refractivity contribution in [3.05, 3.63) is 45.3 Å². The molecule has 16 heavy (non-hydrogen) atoms. The molecular formula is C13H16O3. The highest BCUT2D eigenvalue weighted by Crippen LogP contribution is 2.16. The zero-order chi connectivity index (χ0) is 12.1. The third kappa shape index (κ3) is 2.86. The van der Waals surface area contributed by atoms with Gasteiger partial charge in [-0.15, -0.1) is 0 Å². The molecule has 0 saturated carbocycles. The lowest BCUT2D eigenvalue weighted by Gasteiger charge is -2.02. The Labute approximate surface area is 95.1 Å². The molecule has 0 atom stereocenters. The van der Waals surface area contributed by atoms with Crippen LogP contribution in [0.5, 0.6) is 5.95 Å². The van der Waals surface area contributed by atoms with Crippen LogP contribution in [0.3, 0.4) is 0 Å². The first kappa shape index (κ1) is 12.3. The molecule has 0 unspecified atom stereocenters. The van der Waals surface area contributed by atoms with Crippen LogP contribution in [0.1, 0.15) is 25.2 Å². The molecule has 0 N–H and O–H groups in total. The van der Waals surface area contributed by atoms with Gasteiger partial charge in [-0.3, -0.25) is 4.79 Å². The predicted octanol–water partition coefficient (Wildman–Crippen LogP) is 2.94. The summed E-state index contributed by atoms with van der Waals surface area (Å²) < 4.78 is 10.4. The summed E-state index contributed by atoms with van der Waals surface area (Å²) >= 11 is 0. The zero-order valence-corrected chi connectivity index (χ0v) is 10.0. The van der Waals surface area contributed by atoms with E-state index in [1.165, 1.54) is 13.2 Å². The van der Waals surface area contributed by atoms with Gasteiger partial charge in [-0.25, -0.2) is 0 Å². The molecule has 0 radical (unpaired) electrons. The van der Waals surface area contributed by atoms with Crippen LogP contribution >= 0.6 is 0 Å². The van der Waals surface area contributed by atoms with Gasteiger partial charge in [0, 0.05) is 6.07 Å². The summed E-state index contributed by atoms with van der Waals surface area (Å²) in [7, 11) is 1.48. The van der Waals surface area contributed by atoms with Crippen LogP contribution in [0, 0.1) is 6.92 Å². The lowest BCUT2D eigenvalue weighted by atomic mass is 10.2. The second-order valence-corrected chi connectivity index (χ2v) is 3.50. The molecule has 0 aromatic carbocycles. The van der Waals surface area contributed by atoms with Crippen LogP contribution in [0.15, 0.2) is 33.0 Å². The fourth-order valence-electron chi connectivity index (χ4n) is 1.14. The zero-order valence-electron chi connectivity index (χ0n) is 10.0. The monoisotopic (exact) mass is 220 g/mol. The van der Waals surface area contributed by atoms with E-state index in [0.717, 1.165) is 5.57 Å². The molecule has 0 saturated heterocycles. The molecule has 0 spiro atoms. The number of rotatable bonds is 3. The van der Waals surface area contributed by atoms with Crippen LogP contribution in [0.25, 0.3) is 6.08 Å². The Balaban J connectivity index is 3.13. The van der Waals surface area contributed by atoms with E-state index in [9.17, 15) is 4.79 Å². The number of hydrogen-bond acceptors (Lipinski definition) is 3. The highest BCUT2D eigenvalue weighted by atomic mass is 16.6. The fourth-order valence-corrected chi connectivity index (χ4v) is 1.14. The normalized spacial score (nSPS) is 12.1. The molecule has 3 nitrogen and oxygen atoms in total. The maximum atomic E-state index is 11.5. The summed E-state index contributed by atoms with van der Waals surface area (Å²) in [5.74, 6) is 0.763. The third-order valence-electron chi connectivity index (χ3n) is 2.31. The summed E-state index contributed by atoms with van der Waals surface area (Å²) in [5.41, 5.74) is 1.51. The van der Waals surface area contributed by atoms with Crippen molar-refractivity contribution in [2.24, 2.45) is 0 Å². The van der Waals surface area contributed by atoms with Gasteiger partial charge in [0.05, 0.1) is 12.7 Å². The van der Waals surface area contributed by atoms with Gasteiger partial charge >= 0.3 is 0 Å². The molecule has 86 valence electrons. The Bertz CT molecular complexity index is 478. The molecule has 3 heteroatoms. The maximum Gasteiger partial charge on any atom is 0.291 e. The van der Waals surface area contributed by atoms with Crippen LogP contribution in [-0.4, -0.2) is 7.11 Å². The van der Waals surface area contributed by atoms with Gasteiger partial charge in [0.1, 0.15) is 5.76 Å². The summed E-state index contributed by atoms with van der Waals surface area (Å²) in [6.07, 6.45) is 5.60. The fraction of sp³-hybridized carbons (Fsp3) is 0.308. The van der Waals surface area contributed by atoms with Gasteiger partial charge in [0.15, 0.2) is 5.43 Å². The minimum absolute atomic E-state index is 0.0825. The minimum atomic E-state index is -0.0825. The van der Waals surface area contributed by atoms with Crippen LogP contribution < -0.4 is 10.2 Å². The van der Waals surface area contributed by atoms with Gasteiger partial charge in [-0.05, 0) is 26.8 Å². The molecule has 1 rings (SSSR count). The van der Waals surface area contributed by atoms with E-state index in [2.05, 4.69) is 0 Å². The maximum absolute atomic E-state index is 11.5. The first-order valence-corrected chi connectivity index (χ1v) is 5.08. The Morgan fingerprint density at radius 2 is 2.19 bits per heavy atom. The average molecular weight is 220 g/mol. The Hall–Kier alpha value is -1.77. The van der Waals surface area contributed by atoms with E-state index in [-0.39, 0.29) is 11.4 Å². The molecule has 0 aliphatic heterocycles. The summed E-state index contributed by atoms with van der Waals surface area (Å²) in [6, 6.07) is 1.46. The van der Waals surface area contributed by atoms with Crippen LogP contribution in [-0.2, 0) is 0 Å². The second kappa shape index (κ2) is 5.35. The minimum Gasteiger partial charge on any atom is -0.468 e. The van der Waals surface area contributed by atoms with E-state index in [4.69, 9.17) is 9.15 Å². The summed E-state index contributed by atoms with van der Waals surface area (Å²) in [5, 5.41) is 0. The van der Waals surface area contributed by atoms with Gasteiger partial charge in [-0.1, -0.05) is 17.7 Å². The van der Waals surface area contributed by atoms with Crippen LogP contribution in [0.4, 0.5) is 0 Å². The highest BCUT2D eigenvalue weighted by molar-refractivity contribution is 5.48. The molecule has 1 aromatic heterocycles. The first-order valence-electron chi connectivity index (χ1n) is 5.08. The first-order chi connectivity index (χ1) is 7.58. The van der Waals surface area contributed by atoms with Crippen molar-refractivity contribution in [2.75, 3.05) is 7.11 Å². The van der Waals surface area contributed by atoms with Gasteiger partial charge in [0.25, 0.3) is 5.95 Å². The predicted molar refractivity (Wildman–Crippen MR) is 64.7 cm³/mol. The van der Waals surface area contributed by atoms with Crippen molar-refractivity contribution in [1.29, 1.82) is 0 Å². The molecule has 1 heterocycles. The van der Waals surface area contributed by atoms with Crippen molar-refractivity contribution in [1.82, 2.24) is 0 Å². The van der Waals surface area contributed by atoms with Crippen molar-refractivity contribution in [2.45, 2.75) is 20.8 Å². The van der Waals surface area contributed by atoms with E-state index >= 15 is 0 Å². The smallest absolute Gasteiger partial charge is 0.291 e. The largest absolute Gasteiger partial charge is 0.468 e. The average Bonchev–Trinajstić information content (AvgIpc) is 2.29. The molecule has 0 aliphatic carbocycles. The Kier molecular flexibility index (Phi) is 4.11. The molecule has 0 fully saturated rings. The summed E-state index contributed by atoms with van der Waals surface area (Å²) in [6.45, 7) is 5.60. The van der Waals surface area contributed by atoms with Gasteiger partial charge in [-0.2, -0.15) is 0 Å². The Morgan fingerprint density at radius 1 is 1.50 bits per heavy atom. The van der Waals surface area contributed by atoms with Crippen molar-refractivity contribution in [3.8, 4) is 5.95 Å². The molecule has 1 aromatic rings. The number of hydrogen-bond donors (Lipinski definition) is 0. The second-order valence-electron chi connectivity index (χ2n) is 3.50. The van der Waals surface area contributed by atoms with Gasteiger partial charge in [0.2, 0.25) is 0 Å². The molecule has 0 bridgehead atoms. The molecule has 0 amide bonds. The van der Waals surface area contributed by atoms with E-state index in [0.29, 0.717) is 11.3 Å². The number of ether oxygens (including phenoxy) is 1. The van der Waals surface area contributed by atoms with Gasteiger partial charge < -0.3 is 9.15 Å². The molecular weight excluding hydrogens is 204 g/mol. The third-order valence-corrected chi connectivity index (χ3v) is 2.31. The quantitative estimate of drug-likeness (QED) is 0.735. The lowest BCUT2D eigenvalue weighted by Crippen LogP contribution is -2.05. The standard InChI is InChI=1S/C13H16O3/c1-5-9(2)6-7-11-8-12(14)10(3)13(15-4)16-11/h5-8H,1-4H3. The number of methoxy groups -OCH3 is 1. The van der Waals surface area contributed by atoms with Crippen molar-refractivity contribution >= 4 is 6.08 Å². The lowest BCUT2D eigenvalue weighted by molar-refractivity contribution is 0.290. The van der Waals surface area contributed by atoms with E-state index in [1.807, 2.05) is 26.0 Å². The van der Waals surface area contributed by atoms with E-state index in [1.54, 1.807) is 13.0 Å². The molecule has 0 aliphatic rings. The SMILES string of the molecule is CC=C(C)C=Cc1cc(=O)c(C)c(OC)o1. The van der Waals surface area contributed by atoms with Crippen molar-refractivity contribution < 1.29 is 9.15 Å². The topological polar surface area (TPSA) is 39.4 Å². The van der Waals surface area contributed by atoms with E-state index < -0.39 is 0 Å². The van der Waals surface area contributed by atoms with Crippen LogP contribution in [0.2, 0.25) is 0 Å². The Morgan fingerprint density at radius 3 is 2.75 bits per heavy atom. The highest BCUT2D eigenvalue weighted by Gasteiger charge is 2.06.